The van der Waals surface area contributed by atoms with E-state index < -0.39 is 6.04 Å². The molecule has 4 N–H and O–H groups in total. The average molecular weight is 360 g/mol. The average Bonchev–Trinajstić information content (AvgIpc) is 3.12. The summed E-state index contributed by atoms with van der Waals surface area (Å²) < 4.78 is 0. The third kappa shape index (κ3) is 3.15. The Bertz CT molecular complexity index is 1040. The summed E-state index contributed by atoms with van der Waals surface area (Å²) >= 11 is 0. The Hall–Kier alpha value is -3.61. The number of carbonyl (C=O) groups is 1. The molecule has 7 heteroatoms. The van der Waals surface area contributed by atoms with Crippen LogP contribution < -0.4 is 16.3 Å². The van der Waals surface area contributed by atoms with Crippen LogP contribution in [0.1, 0.15) is 12.5 Å². The number of aliphatic imine (C=N–C) groups is 1. The zero-order valence-corrected chi connectivity index (χ0v) is 14.9. The van der Waals surface area contributed by atoms with Gasteiger partial charge in [-0.15, -0.1) is 0 Å². The maximum Gasteiger partial charge on any atom is 0.270 e. The van der Waals surface area contributed by atoms with Crippen molar-refractivity contribution in [1.82, 2.24) is 10.4 Å². The summed E-state index contributed by atoms with van der Waals surface area (Å²) in [5, 5.41) is 6.33. The Kier molecular flexibility index (Phi) is 4.33. The summed E-state index contributed by atoms with van der Waals surface area (Å²) in [6, 6.07) is 16.9. The zero-order chi connectivity index (χ0) is 18.8. The van der Waals surface area contributed by atoms with Crippen molar-refractivity contribution in [2.45, 2.75) is 19.4 Å². The Morgan fingerprint density at radius 1 is 1.19 bits per heavy atom. The minimum atomic E-state index is -0.572. The number of aromatic nitrogens is 1. The number of rotatable bonds is 4. The Morgan fingerprint density at radius 2 is 1.93 bits per heavy atom. The van der Waals surface area contributed by atoms with E-state index in [9.17, 15) is 4.79 Å². The number of amides is 1. The van der Waals surface area contributed by atoms with Crippen molar-refractivity contribution in [3.8, 4) is 0 Å². The van der Waals surface area contributed by atoms with Gasteiger partial charge in [-0.3, -0.25) is 15.2 Å². The third-order valence-electron chi connectivity index (χ3n) is 4.65. The molecule has 7 nitrogen and oxygen atoms in total. The molecule has 136 valence electrons. The monoisotopic (exact) mass is 360 g/mol. The largest absolute Gasteiger partial charge is 0.361 e. The Labute approximate surface area is 156 Å². The van der Waals surface area contributed by atoms with Gasteiger partial charge in [0.2, 0.25) is 0 Å². The number of amidine groups is 1. The second-order valence-electron chi connectivity index (χ2n) is 6.39. The van der Waals surface area contributed by atoms with Gasteiger partial charge >= 0.3 is 0 Å². The molecule has 0 bridgehead atoms. The Morgan fingerprint density at radius 3 is 2.70 bits per heavy atom. The standard InChI is InChI=1S/C20H20N6O/c1-13(24-21)19-23-18(11-14-12-22-17-10-6-5-9-16(14)17)20(27)26(25-19)15-7-3-2-4-8-15/h2-10,12,18,22H,11,21H2,1H3,(H,23,25)/b24-13-. The number of aromatic amines is 1. The molecule has 0 radical (unpaired) electrons. The van der Waals surface area contributed by atoms with E-state index in [1.807, 2.05) is 60.8 Å². The van der Waals surface area contributed by atoms with Crippen molar-refractivity contribution >= 4 is 34.0 Å². The van der Waals surface area contributed by atoms with Gasteiger partial charge in [-0.1, -0.05) is 36.4 Å². The number of anilines is 1. The van der Waals surface area contributed by atoms with Crippen LogP contribution in [-0.2, 0) is 11.2 Å². The van der Waals surface area contributed by atoms with Crippen LogP contribution in [0.15, 0.2) is 70.9 Å². The molecule has 0 spiro atoms. The van der Waals surface area contributed by atoms with Gasteiger partial charge < -0.3 is 10.8 Å². The molecule has 1 atom stereocenters. The first kappa shape index (κ1) is 16.8. The van der Waals surface area contributed by atoms with E-state index in [0.29, 0.717) is 18.0 Å². The van der Waals surface area contributed by atoms with Gasteiger partial charge in [0.25, 0.3) is 5.91 Å². The molecule has 0 saturated carbocycles. The molecular weight excluding hydrogens is 340 g/mol. The van der Waals surface area contributed by atoms with Gasteiger partial charge in [0, 0.05) is 23.5 Å². The minimum Gasteiger partial charge on any atom is -0.361 e. The molecule has 0 aliphatic carbocycles. The molecule has 1 amide bonds. The summed E-state index contributed by atoms with van der Waals surface area (Å²) in [6.07, 6.45) is 2.42. The van der Waals surface area contributed by atoms with Crippen LogP contribution >= 0.6 is 0 Å². The summed E-state index contributed by atoms with van der Waals surface area (Å²) in [7, 11) is 0. The lowest BCUT2D eigenvalue weighted by atomic mass is 10.0. The number of fused-ring (bicyclic) bond motifs is 1. The van der Waals surface area contributed by atoms with Crippen LogP contribution in [0.4, 0.5) is 5.69 Å². The van der Waals surface area contributed by atoms with E-state index >= 15 is 0 Å². The van der Waals surface area contributed by atoms with Crippen LogP contribution in [0.2, 0.25) is 0 Å². The van der Waals surface area contributed by atoms with Crippen LogP contribution in [-0.4, -0.2) is 28.5 Å². The van der Waals surface area contributed by atoms with Crippen LogP contribution in [0, 0.1) is 0 Å². The molecule has 4 rings (SSSR count). The van der Waals surface area contributed by atoms with Gasteiger partial charge in [0.15, 0.2) is 5.84 Å². The number of hydrogen-bond donors (Lipinski definition) is 3. The van der Waals surface area contributed by atoms with Gasteiger partial charge in [-0.25, -0.2) is 5.01 Å². The van der Waals surface area contributed by atoms with Crippen molar-refractivity contribution in [2.24, 2.45) is 15.9 Å². The van der Waals surface area contributed by atoms with E-state index in [1.54, 1.807) is 6.92 Å². The minimum absolute atomic E-state index is 0.125. The lowest BCUT2D eigenvalue weighted by Crippen LogP contribution is -2.57. The maximum absolute atomic E-state index is 13.1. The first-order chi connectivity index (χ1) is 13.2. The SMILES string of the molecule is C/C(=N/N)C1=NC(Cc2c[nH]c3ccccc23)C(=O)N(c2ccccc2)N1. The molecule has 1 aliphatic rings. The van der Waals surface area contributed by atoms with Crippen LogP contribution in [0.5, 0.6) is 0 Å². The highest BCUT2D eigenvalue weighted by molar-refractivity contribution is 6.42. The number of nitrogens with one attached hydrogen (secondary N) is 2. The number of hydrazone groups is 1. The zero-order valence-electron chi connectivity index (χ0n) is 14.9. The Balaban J connectivity index is 1.72. The van der Waals surface area contributed by atoms with Gasteiger partial charge in [-0.05, 0) is 30.7 Å². The molecule has 1 aliphatic heterocycles. The topological polar surface area (TPSA) is 98.9 Å². The summed E-state index contributed by atoms with van der Waals surface area (Å²) in [4.78, 5) is 20.9. The fourth-order valence-corrected chi connectivity index (χ4v) is 3.20. The predicted octanol–water partition coefficient (Wildman–Crippen LogP) is 2.36. The fourth-order valence-electron chi connectivity index (χ4n) is 3.20. The van der Waals surface area contributed by atoms with Crippen LogP contribution in [0.3, 0.4) is 0 Å². The van der Waals surface area contributed by atoms with Crippen molar-refractivity contribution in [1.29, 1.82) is 0 Å². The molecule has 1 aromatic heterocycles. The number of nitrogens with two attached hydrogens (primary N) is 1. The molecule has 2 heterocycles. The smallest absolute Gasteiger partial charge is 0.270 e. The maximum atomic E-state index is 13.1. The van der Waals surface area contributed by atoms with Gasteiger partial charge in [0.05, 0.1) is 5.69 Å². The van der Waals surface area contributed by atoms with E-state index in [-0.39, 0.29) is 5.91 Å². The van der Waals surface area contributed by atoms with Crippen LogP contribution in [0.25, 0.3) is 10.9 Å². The summed E-state index contributed by atoms with van der Waals surface area (Å²) in [5.41, 5.74) is 6.39. The molecule has 27 heavy (non-hydrogen) atoms. The van der Waals surface area contributed by atoms with E-state index in [2.05, 4.69) is 20.5 Å². The summed E-state index contributed by atoms with van der Waals surface area (Å²) in [6.45, 7) is 1.76. The second-order valence-corrected chi connectivity index (χ2v) is 6.39. The van der Waals surface area contributed by atoms with Crippen molar-refractivity contribution in [3.63, 3.8) is 0 Å². The number of carbonyl (C=O) groups excluding carboxylic acids is 1. The first-order valence-corrected chi connectivity index (χ1v) is 8.70. The number of H-pyrrole nitrogens is 1. The van der Waals surface area contributed by atoms with Crippen molar-refractivity contribution < 1.29 is 4.79 Å². The van der Waals surface area contributed by atoms with Gasteiger partial charge in [0.1, 0.15) is 11.8 Å². The lowest BCUT2D eigenvalue weighted by Gasteiger charge is -2.32. The number of para-hydroxylation sites is 2. The number of benzene rings is 2. The number of hydrogen-bond acceptors (Lipinski definition) is 5. The number of hydrazine groups is 1. The summed E-state index contributed by atoms with van der Waals surface area (Å²) in [5.74, 6) is 5.80. The van der Waals surface area contributed by atoms with E-state index in [0.717, 1.165) is 22.2 Å². The molecular formula is C20H20N6O. The first-order valence-electron chi connectivity index (χ1n) is 8.70. The van der Waals surface area contributed by atoms with Gasteiger partial charge in [-0.2, -0.15) is 5.10 Å². The van der Waals surface area contributed by atoms with Crippen molar-refractivity contribution in [3.05, 3.63) is 66.4 Å². The highest BCUT2D eigenvalue weighted by Crippen LogP contribution is 2.23. The molecule has 3 aromatic rings. The van der Waals surface area contributed by atoms with E-state index in [4.69, 9.17) is 5.84 Å². The molecule has 1 unspecified atom stereocenters. The predicted molar refractivity (Wildman–Crippen MR) is 108 cm³/mol. The second kappa shape index (κ2) is 6.95. The quantitative estimate of drug-likeness (QED) is 0.378. The molecule has 0 fully saturated rings. The third-order valence-corrected chi connectivity index (χ3v) is 4.65. The van der Waals surface area contributed by atoms with Crippen molar-refractivity contribution in [2.75, 3.05) is 5.01 Å². The fraction of sp³-hybridized carbons (Fsp3) is 0.150. The molecule has 2 aromatic carbocycles. The molecule has 0 saturated heterocycles. The number of nitrogens with zero attached hydrogens (tertiary/aromatic N) is 3. The normalized spacial score (nSPS) is 17.7. The van der Waals surface area contributed by atoms with E-state index in [1.165, 1.54) is 5.01 Å². The highest BCUT2D eigenvalue weighted by atomic mass is 16.2. The lowest BCUT2D eigenvalue weighted by molar-refractivity contribution is -0.120. The highest BCUT2D eigenvalue weighted by Gasteiger charge is 2.32.